The van der Waals surface area contributed by atoms with Crippen molar-refractivity contribution < 1.29 is 14.3 Å². The highest BCUT2D eigenvalue weighted by Gasteiger charge is 2.36. The highest BCUT2D eigenvalue weighted by Crippen LogP contribution is 2.34. The predicted molar refractivity (Wildman–Crippen MR) is 159 cm³/mol. The Labute approximate surface area is 242 Å². The first-order chi connectivity index (χ1) is 18.4. The van der Waals surface area contributed by atoms with Crippen LogP contribution in [0, 0.1) is 6.92 Å². The van der Waals surface area contributed by atoms with Gasteiger partial charge in [-0.15, -0.1) is 0 Å². The van der Waals surface area contributed by atoms with E-state index < -0.39 is 17.0 Å². The second-order valence-electron chi connectivity index (χ2n) is 10.8. The fourth-order valence-corrected chi connectivity index (χ4v) is 5.33. The zero-order valence-electron chi connectivity index (χ0n) is 22.6. The van der Waals surface area contributed by atoms with Gasteiger partial charge in [0.15, 0.2) is 0 Å². The topological polar surface area (TPSA) is 81.2 Å². The molecule has 1 N–H and O–H groups in total. The maximum absolute atomic E-state index is 13.9. The quantitative estimate of drug-likeness (QED) is 0.221. The van der Waals surface area contributed by atoms with Gasteiger partial charge in [-0.05, 0) is 63.6 Å². The molecule has 0 aliphatic rings. The molecular formula is C31H31BrClN3O3. The standard InChI is InChI=1S/C31H31BrClN3O3/c1-19-26(22-16-21(32)13-14-24(22)36-27(19)20-10-7-6-8-11-20)29(38)35-18-31(5,17-25(37)39-30(2,3)4)28-23(33)12-9-15-34-28/h6-16H,17-18H2,1-5H3,(H,35,38). The third-order valence-electron chi connectivity index (χ3n) is 6.39. The monoisotopic (exact) mass is 607 g/mol. The molecular weight excluding hydrogens is 578 g/mol. The van der Waals surface area contributed by atoms with Gasteiger partial charge in [0.2, 0.25) is 0 Å². The lowest BCUT2D eigenvalue weighted by Crippen LogP contribution is -2.42. The van der Waals surface area contributed by atoms with Crippen LogP contribution in [0.1, 0.15) is 55.7 Å². The van der Waals surface area contributed by atoms with Crippen molar-refractivity contribution in [3.63, 3.8) is 0 Å². The molecule has 0 saturated heterocycles. The van der Waals surface area contributed by atoms with Crippen LogP contribution in [0.5, 0.6) is 0 Å². The summed E-state index contributed by atoms with van der Waals surface area (Å²) in [4.78, 5) is 36.2. The van der Waals surface area contributed by atoms with Gasteiger partial charge in [-0.1, -0.05) is 64.8 Å². The molecule has 8 heteroatoms. The summed E-state index contributed by atoms with van der Waals surface area (Å²) in [7, 11) is 0. The number of nitrogens with zero attached hydrogens (tertiary/aromatic N) is 2. The smallest absolute Gasteiger partial charge is 0.307 e. The molecule has 6 nitrogen and oxygen atoms in total. The molecule has 0 aliphatic heterocycles. The number of hydrogen-bond acceptors (Lipinski definition) is 5. The summed E-state index contributed by atoms with van der Waals surface area (Å²) in [6, 6.07) is 18.9. The van der Waals surface area contributed by atoms with E-state index in [2.05, 4.69) is 26.2 Å². The molecule has 4 rings (SSSR count). The molecule has 1 unspecified atom stereocenters. The van der Waals surface area contributed by atoms with Crippen molar-refractivity contribution >= 4 is 50.3 Å². The van der Waals surface area contributed by atoms with Gasteiger partial charge in [-0.25, -0.2) is 4.98 Å². The van der Waals surface area contributed by atoms with Crippen LogP contribution in [0.15, 0.2) is 71.3 Å². The number of amides is 1. The minimum absolute atomic E-state index is 0.0157. The number of benzene rings is 2. The molecule has 0 bridgehead atoms. The Hall–Kier alpha value is -3.29. The maximum Gasteiger partial charge on any atom is 0.307 e. The molecule has 0 aliphatic carbocycles. The molecule has 0 spiro atoms. The number of halogens is 2. The summed E-state index contributed by atoms with van der Waals surface area (Å²) in [5, 5.41) is 4.22. The third kappa shape index (κ3) is 6.65. The summed E-state index contributed by atoms with van der Waals surface area (Å²) in [5.74, 6) is -0.681. The number of carbonyl (C=O) groups is 2. The zero-order chi connectivity index (χ0) is 28.4. The molecule has 39 heavy (non-hydrogen) atoms. The Kier molecular flexibility index (Phi) is 8.42. The molecule has 2 heterocycles. The number of fused-ring (bicyclic) bond motifs is 1. The molecule has 2 aromatic carbocycles. The van der Waals surface area contributed by atoms with Gasteiger partial charge < -0.3 is 10.1 Å². The predicted octanol–water partition coefficient (Wildman–Crippen LogP) is 7.44. The first-order valence-corrected chi connectivity index (χ1v) is 13.8. The fraction of sp³-hybridized carbons (Fsp3) is 0.290. The largest absolute Gasteiger partial charge is 0.460 e. The minimum atomic E-state index is -0.921. The molecule has 202 valence electrons. The van der Waals surface area contributed by atoms with E-state index in [1.807, 2.05) is 83.1 Å². The van der Waals surface area contributed by atoms with E-state index in [1.165, 1.54) is 0 Å². The van der Waals surface area contributed by atoms with Crippen LogP contribution in [-0.2, 0) is 14.9 Å². The second-order valence-corrected chi connectivity index (χ2v) is 12.2. The van der Waals surface area contributed by atoms with Crippen LogP contribution in [0.3, 0.4) is 0 Å². The Morgan fingerprint density at radius 3 is 2.41 bits per heavy atom. The molecule has 1 amide bonds. The molecule has 2 aromatic heterocycles. The Morgan fingerprint density at radius 2 is 1.74 bits per heavy atom. The van der Waals surface area contributed by atoms with Crippen LogP contribution in [0.25, 0.3) is 22.2 Å². The van der Waals surface area contributed by atoms with Gasteiger partial charge in [0.25, 0.3) is 5.91 Å². The van der Waals surface area contributed by atoms with Crippen LogP contribution in [0.4, 0.5) is 0 Å². The first-order valence-electron chi connectivity index (χ1n) is 12.6. The van der Waals surface area contributed by atoms with E-state index >= 15 is 0 Å². The normalized spacial score (nSPS) is 13.1. The van der Waals surface area contributed by atoms with Crippen molar-refractivity contribution in [1.29, 1.82) is 0 Å². The van der Waals surface area contributed by atoms with E-state index in [0.717, 1.165) is 26.7 Å². The average molecular weight is 609 g/mol. The minimum Gasteiger partial charge on any atom is -0.460 e. The Balaban J connectivity index is 1.74. The fourth-order valence-electron chi connectivity index (χ4n) is 4.62. The molecule has 0 fully saturated rings. The van der Waals surface area contributed by atoms with Gasteiger partial charge in [0.05, 0.1) is 33.9 Å². The lowest BCUT2D eigenvalue weighted by Gasteiger charge is -2.31. The van der Waals surface area contributed by atoms with Crippen molar-refractivity contribution in [2.45, 2.75) is 52.1 Å². The van der Waals surface area contributed by atoms with Gasteiger partial charge in [0.1, 0.15) is 5.60 Å². The molecule has 0 saturated carbocycles. The molecule has 4 aromatic rings. The number of rotatable bonds is 7. The number of hydrogen-bond donors (Lipinski definition) is 1. The van der Waals surface area contributed by atoms with E-state index in [4.69, 9.17) is 21.3 Å². The van der Waals surface area contributed by atoms with Gasteiger partial charge in [-0.3, -0.25) is 14.6 Å². The SMILES string of the molecule is Cc1c(-c2ccccc2)nc2ccc(Br)cc2c1C(=O)NCC(C)(CC(=O)OC(C)(C)C)c1ncccc1Cl. The van der Waals surface area contributed by atoms with Gasteiger partial charge in [0, 0.05) is 33.6 Å². The van der Waals surface area contributed by atoms with E-state index in [0.29, 0.717) is 21.8 Å². The number of esters is 1. The van der Waals surface area contributed by atoms with Gasteiger partial charge >= 0.3 is 5.97 Å². The lowest BCUT2D eigenvalue weighted by molar-refractivity contribution is -0.156. The summed E-state index contributed by atoms with van der Waals surface area (Å²) in [6.45, 7) is 9.32. The molecule has 1 atom stereocenters. The van der Waals surface area contributed by atoms with E-state index in [1.54, 1.807) is 18.3 Å². The van der Waals surface area contributed by atoms with Crippen molar-refractivity contribution in [2.75, 3.05) is 6.54 Å². The van der Waals surface area contributed by atoms with E-state index in [-0.39, 0.29) is 18.9 Å². The average Bonchev–Trinajstić information content (AvgIpc) is 2.86. The second kappa shape index (κ2) is 11.4. The van der Waals surface area contributed by atoms with Crippen LogP contribution >= 0.6 is 27.5 Å². The van der Waals surface area contributed by atoms with Gasteiger partial charge in [-0.2, -0.15) is 0 Å². The maximum atomic E-state index is 13.9. The molecule has 0 radical (unpaired) electrons. The van der Waals surface area contributed by atoms with Crippen LogP contribution in [-0.4, -0.2) is 34.0 Å². The summed E-state index contributed by atoms with van der Waals surface area (Å²) in [5.41, 5.74) is 2.59. The third-order valence-corrected chi connectivity index (χ3v) is 7.19. The first kappa shape index (κ1) is 28.7. The van der Waals surface area contributed by atoms with Crippen LogP contribution < -0.4 is 5.32 Å². The van der Waals surface area contributed by atoms with Crippen molar-refractivity contribution in [2.24, 2.45) is 0 Å². The van der Waals surface area contributed by atoms with Crippen molar-refractivity contribution in [1.82, 2.24) is 15.3 Å². The Bertz CT molecular complexity index is 1540. The zero-order valence-corrected chi connectivity index (χ0v) is 25.0. The number of ether oxygens (including phenoxy) is 1. The van der Waals surface area contributed by atoms with Crippen molar-refractivity contribution in [3.8, 4) is 11.3 Å². The van der Waals surface area contributed by atoms with Crippen LogP contribution in [0.2, 0.25) is 5.02 Å². The number of aromatic nitrogens is 2. The summed E-state index contributed by atoms with van der Waals surface area (Å²) >= 11 is 10.1. The highest BCUT2D eigenvalue weighted by molar-refractivity contribution is 9.10. The highest BCUT2D eigenvalue weighted by atomic mass is 79.9. The lowest BCUT2D eigenvalue weighted by atomic mass is 9.82. The summed E-state index contributed by atoms with van der Waals surface area (Å²) < 4.78 is 6.45. The number of carbonyl (C=O) groups excluding carboxylic acids is 2. The van der Waals surface area contributed by atoms with Crippen molar-refractivity contribution in [3.05, 3.63) is 93.2 Å². The number of nitrogens with one attached hydrogen (secondary N) is 1. The number of pyridine rings is 2. The Morgan fingerprint density at radius 1 is 1.03 bits per heavy atom. The van der Waals surface area contributed by atoms with E-state index in [9.17, 15) is 9.59 Å². The summed E-state index contributed by atoms with van der Waals surface area (Å²) in [6.07, 6.45) is 1.61.